The van der Waals surface area contributed by atoms with Crippen molar-refractivity contribution < 1.29 is 33.8 Å². The first-order valence-electron chi connectivity index (χ1n) is 20.5. The molecule has 5 saturated carbocycles. The van der Waals surface area contributed by atoms with E-state index in [1.165, 1.54) is 12.4 Å². The number of rotatable bonds is 9. The van der Waals surface area contributed by atoms with E-state index in [4.69, 9.17) is 16.3 Å². The van der Waals surface area contributed by atoms with Crippen LogP contribution in [0.4, 0.5) is 0 Å². The summed E-state index contributed by atoms with van der Waals surface area (Å²) in [5.41, 5.74) is -2.06. The highest BCUT2D eigenvalue weighted by molar-refractivity contribution is 6.40. The Morgan fingerprint density at radius 3 is 2.16 bits per heavy atom. The number of esters is 1. The van der Waals surface area contributed by atoms with Gasteiger partial charge in [-0.15, -0.1) is 0 Å². The molecule has 6 aliphatic carbocycles. The molecule has 0 aromatic carbocycles. The second-order valence-corrected chi connectivity index (χ2v) is 21.0. The van der Waals surface area contributed by atoms with Gasteiger partial charge in [-0.3, -0.25) is 24.0 Å². The zero-order chi connectivity index (χ0) is 40.3. The lowest BCUT2D eigenvalue weighted by Gasteiger charge is -2.72. The van der Waals surface area contributed by atoms with E-state index >= 15 is 0 Å². The number of carbonyl (C=O) groups excluding carboxylic acids is 4. The van der Waals surface area contributed by atoms with Gasteiger partial charge in [0.05, 0.1) is 22.3 Å². The average molecular weight is 778 g/mol. The molecule has 2 unspecified atom stereocenters. The number of carboxylic acid groups (broad SMARTS) is 1. The van der Waals surface area contributed by atoms with Crippen LogP contribution in [0.5, 0.6) is 0 Å². The predicted octanol–water partition coefficient (Wildman–Crippen LogP) is 8.20. The molecule has 1 aromatic rings. The standard InChI is InChI=1S/C44H60ClN3O7/c1-24(2)32-27(49)20-43(34(51)35(52)48-44(18-19-44)36-46-22-25(45)23-47-36)17-16-41(8)26(33(32)43)10-11-29-40(7)14-13-30(55-31(50)21-38(3,4)37(53)54)39(5,6)28(40)12-15-42(29,41)9/h22-24,26,28-30H,10-21H2,1-9H3,(H,48,52)(H,53,54)/t26-,28+,29-,30?,40+,41-,42-,43?/m1/s1. The summed E-state index contributed by atoms with van der Waals surface area (Å²) in [4.78, 5) is 76.5. The zero-order valence-corrected chi connectivity index (χ0v) is 35.0. The number of hydrogen-bond donors (Lipinski definition) is 2. The number of carboxylic acids is 1. The number of aromatic nitrogens is 2. The molecule has 11 heteroatoms. The second-order valence-electron chi connectivity index (χ2n) is 20.6. The molecular weight excluding hydrogens is 718 g/mol. The SMILES string of the molecule is CC(C)C1=C2[C@H]3CC[C@@H]4[C@@]5(C)CCC(OC(=O)CC(C)(C)C(=O)O)C(C)(C)[C@@H]5CC[C@@]4(C)[C@]3(C)CCC2(C(=O)C(=O)NC2(c3ncc(Cl)cn3)CC2)CC1=O. The van der Waals surface area contributed by atoms with Gasteiger partial charge in [-0.25, -0.2) is 9.97 Å². The number of allylic oxidation sites excluding steroid dienone is 2. The van der Waals surface area contributed by atoms with Crippen molar-refractivity contribution in [2.75, 3.05) is 0 Å². The number of ketones is 2. The molecule has 1 amide bonds. The molecule has 7 rings (SSSR count). The normalized spacial score (nSPS) is 37.3. The number of hydrogen-bond acceptors (Lipinski definition) is 8. The van der Waals surface area contributed by atoms with E-state index in [-0.39, 0.29) is 58.2 Å². The Kier molecular flexibility index (Phi) is 9.43. The van der Waals surface area contributed by atoms with Crippen molar-refractivity contribution in [3.8, 4) is 0 Å². The molecule has 0 spiro atoms. The summed E-state index contributed by atoms with van der Waals surface area (Å²) in [6.45, 7) is 19.0. The predicted molar refractivity (Wildman–Crippen MR) is 206 cm³/mol. The lowest BCUT2D eigenvalue weighted by atomic mass is 9.33. The van der Waals surface area contributed by atoms with Gasteiger partial charge in [0.1, 0.15) is 11.6 Å². The molecule has 6 aliphatic rings. The van der Waals surface area contributed by atoms with Gasteiger partial charge in [0, 0.05) is 24.2 Å². The summed E-state index contributed by atoms with van der Waals surface area (Å²) >= 11 is 6.04. The van der Waals surface area contributed by atoms with E-state index in [0.29, 0.717) is 41.9 Å². The molecule has 0 saturated heterocycles. The number of nitrogens with zero attached hydrogens (tertiary/aromatic N) is 2. The number of amides is 1. The maximum atomic E-state index is 14.7. The Labute approximate surface area is 330 Å². The van der Waals surface area contributed by atoms with Gasteiger partial charge in [0.25, 0.3) is 5.91 Å². The van der Waals surface area contributed by atoms with Crippen molar-refractivity contribution in [3.63, 3.8) is 0 Å². The molecule has 0 bridgehead atoms. The summed E-state index contributed by atoms with van der Waals surface area (Å²) in [7, 11) is 0. The van der Waals surface area contributed by atoms with E-state index in [1.54, 1.807) is 13.8 Å². The van der Waals surface area contributed by atoms with Gasteiger partial charge in [0.15, 0.2) is 11.6 Å². The van der Waals surface area contributed by atoms with Crippen LogP contribution in [0.3, 0.4) is 0 Å². The molecule has 5 fully saturated rings. The summed E-state index contributed by atoms with van der Waals surface area (Å²) in [6.07, 6.45) is 10.4. The van der Waals surface area contributed by atoms with Crippen molar-refractivity contribution in [3.05, 3.63) is 34.4 Å². The van der Waals surface area contributed by atoms with E-state index in [0.717, 1.165) is 56.1 Å². The van der Waals surface area contributed by atoms with Crippen LogP contribution < -0.4 is 5.32 Å². The highest BCUT2D eigenvalue weighted by atomic mass is 35.5. The Morgan fingerprint density at radius 2 is 1.56 bits per heavy atom. The summed E-state index contributed by atoms with van der Waals surface area (Å²) < 4.78 is 6.14. The largest absolute Gasteiger partial charge is 0.481 e. The third-order valence-electron chi connectivity index (χ3n) is 16.6. The van der Waals surface area contributed by atoms with Crippen molar-refractivity contribution in [2.24, 2.45) is 56.2 Å². The van der Waals surface area contributed by atoms with Crippen LogP contribution in [0, 0.1) is 56.2 Å². The number of Topliss-reactive ketones (excluding diaryl/α,β-unsaturated/α-hetero) is 2. The van der Waals surface area contributed by atoms with Crippen molar-refractivity contribution in [1.82, 2.24) is 15.3 Å². The summed E-state index contributed by atoms with van der Waals surface area (Å²) in [5, 5.41) is 13.0. The molecule has 1 aromatic heterocycles. The fourth-order valence-corrected chi connectivity index (χ4v) is 13.4. The Balaban J connectivity index is 1.17. The quantitative estimate of drug-likeness (QED) is 0.187. The molecule has 8 atom stereocenters. The van der Waals surface area contributed by atoms with Crippen molar-refractivity contribution in [1.29, 1.82) is 0 Å². The minimum Gasteiger partial charge on any atom is -0.481 e. The average Bonchev–Trinajstić information content (AvgIpc) is 3.80. The van der Waals surface area contributed by atoms with Gasteiger partial charge in [-0.05, 0) is 129 Å². The van der Waals surface area contributed by atoms with Crippen LogP contribution in [0.1, 0.15) is 145 Å². The number of carbonyl (C=O) groups is 5. The Hall–Kier alpha value is -3.14. The molecule has 2 N–H and O–H groups in total. The monoisotopic (exact) mass is 777 g/mol. The third-order valence-corrected chi connectivity index (χ3v) is 16.8. The maximum Gasteiger partial charge on any atom is 0.309 e. The highest BCUT2D eigenvalue weighted by Gasteiger charge is 2.71. The van der Waals surface area contributed by atoms with Gasteiger partial charge in [-0.2, -0.15) is 0 Å². The minimum atomic E-state index is -1.20. The van der Waals surface area contributed by atoms with Crippen LogP contribution in [-0.2, 0) is 34.2 Å². The van der Waals surface area contributed by atoms with E-state index in [9.17, 15) is 29.1 Å². The first kappa shape index (κ1) is 40.1. The fraction of sp³-hybridized carbons (Fsp3) is 0.750. The molecule has 0 aliphatic heterocycles. The zero-order valence-electron chi connectivity index (χ0n) is 34.2. The minimum absolute atomic E-state index is 0.000581. The molecule has 10 nitrogen and oxygen atoms in total. The van der Waals surface area contributed by atoms with Crippen LogP contribution in [0.2, 0.25) is 5.02 Å². The lowest BCUT2D eigenvalue weighted by molar-refractivity contribution is -0.233. The Morgan fingerprint density at radius 1 is 0.909 bits per heavy atom. The van der Waals surface area contributed by atoms with E-state index in [2.05, 4.69) is 49.9 Å². The van der Waals surface area contributed by atoms with Crippen LogP contribution in [0.15, 0.2) is 23.5 Å². The van der Waals surface area contributed by atoms with Gasteiger partial charge >= 0.3 is 11.9 Å². The van der Waals surface area contributed by atoms with E-state index < -0.39 is 40.0 Å². The number of ether oxygens (including phenoxy) is 1. The van der Waals surface area contributed by atoms with Gasteiger partial charge in [-0.1, -0.05) is 60.1 Å². The van der Waals surface area contributed by atoms with E-state index in [1.807, 2.05) is 13.8 Å². The summed E-state index contributed by atoms with van der Waals surface area (Å²) in [6, 6.07) is 0. The number of nitrogens with one attached hydrogen (secondary N) is 1. The molecule has 55 heavy (non-hydrogen) atoms. The molecule has 1 heterocycles. The Bertz CT molecular complexity index is 1870. The maximum absolute atomic E-state index is 14.7. The van der Waals surface area contributed by atoms with Crippen LogP contribution in [0.25, 0.3) is 0 Å². The molecular formula is C44H60ClN3O7. The van der Waals surface area contributed by atoms with Gasteiger partial charge in [0.2, 0.25) is 5.78 Å². The van der Waals surface area contributed by atoms with Crippen LogP contribution in [-0.4, -0.2) is 50.6 Å². The van der Waals surface area contributed by atoms with Gasteiger partial charge < -0.3 is 15.2 Å². The fourth-order valence-electron chi connectivity index (χ4n) is 13.3. The third kappa shape index (κ3) is 5.87. The molecule has 0 radical (unpaired) electrons. The smallest absolute Gasteiger partial charge is 0.309 e. The van der Waals surface area contributed by atoms with Crippen molar-refractivity contribution in [2.45, 2.75) is 151 Å². The number of aliphatic carboxylic acids is 1. The second kappa shape index (κ2) is 12.9. The first-order chi connectivity index (χ1) is 25.5. The molecule has 300 valence electrons. The topological polar surface area (TPSA) is 153 Å². The highest BCUT2D eigenvalue weighted by Crippen LogP contribution is 2.77. The van der Waals surface area contributed by atoms with Crippen LogP contribution >= 0.6 is 11.6 Å². The summed E-state index contributed by atoms with van der Waals surface area (Å²) in [5.74, 6) is -1.58. The number of halogens is 1. The lowest BCUT2D eigenvalue weighted by Crippen LogP contribution is -2.66. The van der Waals surface area contributed by atoms with Crippen molar-refractivity contribution >= 4 is 41.0 Å². The first-order valence-corrected chi connectivity index (χ1v) is 20.9. The number of fused-ring (bicyclic) bond motifs is 7.